The van der Waals surface area contributed by atoms with Gasteiger partial charge in [-0.05, 0) is 37.2 Å². The van der Waals surface area contributed by atoms with Crippen LogP contribution in [0.1, 0.15) is 38.7 Å². The van der Waals surface area contributed by atoms with Crippen LogP contribution in [0.15, 0.2) is 12.4 Å². The molecule has 1 aliphatic carbocycles. The van der Waals surface area contributed by atoms with Crippen LogP contribution in [-0.2, 0) is 16.0 Å². The van der Waals surface area contributed by atoms with Crippen molar-refractivity contribution in [2.24, 2.45) is 17.8 Å². The first kappa shape index (κ1) is 17.7. The van der Waals surface area contributed by atoms with Crippen molar-refractivity contribution >= 4 is 11.9 Å². The topological polar surface area (TPSA) is 58.6 Å². The number of carbonyl (C=O) groups excluding carboxylic acids is 1. The Bertz CT molecular complexity index is 629. The number of anilines is 1. The number of rotatable bonds is 3. The zero-order valence-corrected chi connectivity index (χ0v) is 15.9. The average Bonchev–Trinajstić information content (AvgIpc) is 2.86. The minimum atomic E-state index is 0.144. The maximum atomic E-state index is 12.7. The highest BCUT2D eigenvalue weighted by atomic mass is 16.5. The highest BCUT2D eigenvalue weighted by Gasteiger charge is 2.39. The summed E-state index contributed by atoms with van der Waals surface area (Å²) in [6.07, 6.45) is 8.07. The summed E-state index contributed by atoms with van der Waals surface area (Å²) in [5.74, 6) is 2.56. The lowest BCUT2D eigenvalue weighted by Crippen LogP contribution is -2.52. The highest BCUT2D eigenvalue weighted by Crippen LogP contribution is 2.36. The number of hydrogen-bond acceptors (Lipinski definition) is 5. The number of ether oxygens (including phenoxy) is 1. The second-order valence-electron chi connectivity index (χ2n) is 8.21. The van der Waals surface area contributed by atoms with Crippen molar-refractivity contribution in [3.05, 3.63) is 18.0 Å². The first-order chi connectivity index (χ1) is 12.6. The van der Waals surface area contributed by atoms with Crippen LogP contribution in [0.5, 0.6) is 0 Å². The molecule has 3 heterocycles. The number of carbonyl (C=O) groups is 1. The van der Waals surface area contributed by atoms with Gasteiger partial charge in [0.15, 0.2) is 0 Å². The monoisotopic (exact) mass is 358 g/mol. The molecule has 1 aromatic heterocycles. The number of fused-ring (bicyclic) bond motifs is 1. The fourth-order valence-corrected chi connectivity index (χ4v) is 4.49. The Morgan fingerprint density at radius 1 is 1.23 bits per heavy atom. The predicted octanol–water partition coefficient (Wildman–Crippen LogP) is 2.14. The standard InChI is InChI=1S/C20H30N4O2/c1-3-15-10-21-20(22-11-15)24-6-7-26-18-13-23(5-4-16(18)12-24)19(25)17-8-14(2)9-17/h10-11,14,16-18H,3-9,12-13H2,1-2H3/t14?,16-,17?,18-/m1/s1. The molecule has 142 valence electrons. The van der Waals surface area contributed by atoms with Gasteiger partial charge in [-0.25, -0.2) is 9.97 Å². The van der Waals surface area contributed by atoms with Crippen molar-refractivity contribution in [2.45, 2.75) is 45.6 Å². The fourth-order valence-electron chi connectivity index (χ4n) is 4.49. The number of piperidine rings is 1. The number of aromatic nitrogens is 2. The molecule has 3 aliphatic rings. The van der Waals surface area contributed by atoms with Gasteiger partial charge in [-0.2, -0.15) is 0 Å². The van der Waals surface area contributed by atoms with E-state index in [1.807, 2.05) is 12.4 Å². The molecule has 0 bridgehead atoms. The van der Waals surface area contributed by atoms with Crippen LogP contribution in [0, 0.1) is 17.8 Å². The van der Waals surface area contributed by atoms with Crippen LogP contribution < -0.4 is 4.90 Å². The van der Waals surface area contributed by atoms with Crippen LogP contribution in [0.2, 0.25) is 0 Å². The zero-order chi connectivity index (χ0) is 18.1. The van der Waals surface area contributed by atoms with Gasteiger partial charge in [0.2, 0.25) is 11.9 Å². The largest absolute Gasteiger partial charge is 0.374 e. The molecular formula is C20H30N4O2. The number of likely N-dealkylation sites (tertiary alicyclic amines) is 1. The Morgan fingerprint density at radius 3 is 2.69 bits per heavy atom. The molecule has 2 saturated heterocycles. The van der Waals surface area contributed by atoms with Gasteiger partial charge < -0.3 is 14.5 Å². The summed E-state index contributed by atoms with van der Waals surface area (Å²) >= 11 is 0. The predicted molar refractivity (Wildman–Crippen MR) is 99.9 cm³/mol. The van der Waals surface area contributed by atoms with Gasteiger partial charge in [-0.15, -0.1) is 0 Å². The molecule has 6 nitrogen and oxygen atoms in total. The molecule has 3 fully saturated rings. The van der Waals surface area contributed by atoms with Gasteiger partial charge >= 0.3 is 0 Å². The van der Waals surface area contributed by atoms with Gasteiger partial charge in [0.05, 0.1) is 12.7 Å². The van der Waals surface area contributed by atoms with E-state index in [9.17, 15) is 4.79 Å². The number of amides is 1. The van der Waals surface area contributed by atoms with E-state index in [1.165, 1.54) is 0 Å². The van der Waals surface area contributed by atoms with E-state index in [4.69, 9.17) is 4.74 Å². The average molecular weight is 358 g/mol. The third-order valence-corrected chi connectivity index (χ3v) is 6.26. The van der Waals surface area contributed by atoms with Crippen molar-refractivity contribution in [1.29, 1.82) is 0 Å². The molecule has 2 atom stereocenters. The van der Waals surface area contributed by atoms with Crippen LogP contribution in [0.25, 0.3) is 0 Å². The van der Waals surface area contributed by atoms with Crippen molar-refractivity contribution in [3.8, 4) is 0 Å². The second-order valence-corrected chi connectivity index (χ2v) is 8.21. The molecule has 4 rings (SSSR count). The first-order valence-corrected chi connectivity index (χ1v) is 10.1. The molecule has 0 unspecified atom stereocenters. The molecule has 0 aromatic carbocycles. The fraction of sp³-hybridized carbons (Fsp3) is 0.750. The van der Waals surface area contributed by atoms with E-state index in [1.54, 1.807) is 0 Å². The quantitative estimate of drug-likeness (QED) is 0.828. The van der Waals surface area contributed by atoms with Crippen molar-refractivity contribution in [1.82, 2.24) is 14.9 Å². The van der Waals surface area contributed by atoms with E-state index < -0.39 is 0 Å². The van der Waals surface area contributed by atoms with Gasteiger partial charge in [0.1, 0.15) is 0 Å². The van der Waals surface area contributed by atoms with Crippen molar-refractivity contribution in [2.75, 3.05) is 37.7 Å². The summed E-state index contributed by atoms with van der Waals surface area (Å²) in [5, 5.41) is 0. The molecule has 2 aliphatic heterocycles. The number of hydrogen-bond donors (Lipinski definition) is 0. The third-order valence-electron chi connectivity index (χ3n) is 6.26. The van der Waals surface area contributed by atoms with Crippen LogP contribution in [0.4, 0.5) is 5.95 Å². The minimum Gasteiger partial charge on any atom is -0.374 e. The molecule has 0 N–H and O–H groups in total. The van der Waals surface area contributed by atoms with Crippen LogP contribution in [0.3, 0.4) is 0 Å². The minimum absolute atomic E-state index is 0.144. The molecule has 1 amide bonds. The third kappa shape index (κ3) is 3.56. The van der Waals surface area contributed by atoms with Crippen LogP contribution in [-0.4, -0.2) is 59.7 Å². The maximum Gasteiger partial charge on any atom is 0.225 e. The van der Waals surface area contributed by atoms with Crippen LogP contribution >= 0.6 is 0 Å². The normalized spacial score (nSPS) is 31.8. The Hall–Kier alpha value is -1.69. The van der Waals surface area contributed by atoms with E-state index in [-0.39, 0.29) is 12.0 Å². The number of aryl methyl sites for hydroxylation is 1. The lowest BCUT2D eigenvalue weighted by atomic mass is 9.75. The smallest absolute Gasteiger partial charge is 0.225 e. The molecule has 0 radical (unpaired) electrons. The van der Waals surface area contributed by atoms with Crippen molar-refractivity contribution in [3.63, 3.8) is 0 Å². The summed E-state index contributed by atoms with van der Waals surface area (Å²) in [4.78, 5) is 26.1. The number of nitrogens with zero attached hydrogens (tertiary/aromatic N) is 4. The lowest BCUT2D eigenvalue weighted by molar-refractivity contribution is -0.145. The Balaban J connectivity index is 1.37. The Morgan fingerprint density at radius 2 is 2.00 bits per heavy atom. The summed E-state index contributed by atoms with van der Waals surface area (Å²) < 4.78 is 6.15. The van der Waals surface area contributed by atoms with E-state index in [2.05, 4.69) is 33.6 Å². The Labute approximate surface area is 155 Å². The Kier molecular flexibility index (Phi) is 5.11. The van der Waals surface area contributed by atoms with Gasteiger partial charge in [0, 0.05) is 50.4 Å². The maximum absolute atomic E-state index is 12.7. The van der Waals surface area contributed by atoms with Gasteiger partial charge in [-0.1, -0.05) is 13.8 Å². The van der Waals surface area contributed by atoms with Gasteiger partial charge in [0.25, 0.3) is 0 Å². The highest BCUT2D eigenvalue weighted by molar-refractivity contribution is 5.79. The summed E-state index contributed by atoms with van der Waals surface area (Å²) in [6.45, 7) is 8.35. The molecule has 1 saturated carbocycles. The van der Waals surface area contributed by atoms with E-state index >= 15 is 0 Å². The van der Waals surface area contributed by atoms with E-state index in [0.717, 1.165) is 63.4 Å². The van der Waals surface area contributed by atoms with E-state index in [0.29, 0.717) is 24.3 Å². The second kappa shape index (κ2) is 7.51. The molecule has 1 aromatic rings. The first-order valence-electron chi connectivity index (χ1n) is 10.1. The molecule has 6 heteroatoms. The van der Waals surface area contributed by atoms with Gasteiger partial charge in [-0.3, -0.25) is 4.79 Å². The summed E-state index contributed by atoms with van der Waals surface area (Å²) in [6, 6.07) is 0. The SMILES string of the molecule is CCc1cnc(N2CCO[C@@H]3CN(C(=O)C4CC(C)C4)CC[C@@H]3C2)nc1. The summed E-state index contributed by atoms with van der Waals surface area (Å²) in [7, 11) is 0. The lowest BCUT2D eigenvalue weighted by Gasteiger charge is -2.42. The molecule has 0 spiro atoms. The zero-order valence-electron chi connectivity index (χ0n) is 15.9. The molecule has 26 heavy (non-hydrogen) atoms. The molecular weight excluding hydrogens is 328 g/mol. The van der Waals surface area contributed by atoms with Crippen molar-refractivity contribution < 1.29 is 9.53 Å². The summed E-state index contributed by atoms with van der Waals surface area (Å²) in [5.41, 5.74) is 1.16.